The van der Waals surface area contributed by atoms with Crippen molar-refractivity contribution in [3.05, 3.63) is 98.5 Å². The SMILES string of the molecule is Cc1cc(C)cc(NC(=O)/C(C#N)=C/c2cc(Cl)ccc2OCc2cccc(Cl)c2)c1. The average molecular weight is 451 g/mol. The Bertz CT molecular complexity index is 1180. The number of nitrogens with zero attached hydrogens (tertiary/aromatic N) is 1. The normalized spacial score (nSPS) is 11.0. The molecule has 1 N–H and O–H groups in total. The van der Waals surface area contributed by atoms with Crippen LogP contribution in [-0.4, -0.2) is 5.91 Å². The van der Waals surface area contributed by atoms with Crippen molar-refractivity contribution < 1.29 is 9.53 Å². The van der Waals surface area contributed by atoms with Gasteiger partial charge in [-0.05, 0) is 79.1 Å². The number of anilines is 1. The van der Waals surface area contributed by atoms with Gasteiger partial charge in [0.25, 0.3) is 5.91 Å². The van der Waals surface area contributed by atoms with E-state index >= 15 is 0 Å². The lowest BCUT2D eigenvalue weighted by Crippen LogP contribution is -2.13. The Morgan fingerprint density at radius 3 is 2.42 bits per heavy atom. The highest BCUT2D eigenvalue weighted by molar-refractivity contribution is 6.31. The summed E-state index contributed by atoms with van der Waals surface area (Å²) in [6, 6.07) is 20.0. The maximum Gasteiger partial charge on any atom is 0.266 e. The number of ether oxygens (including phenoxy) is 1. The molecule has 0 unspecified atom stereocenters. The highest BCUT2D eigenvalue weighted by Crippen LogP contribution is 2.27. The Morgan fingerprint density at radius 2 is 1.74 bits per heavy atom. The van der Waals surface area contributed by atoms with Gasteiger partial charge in [-0.25, -0.2) is 0 Å². The number of rotatable bonds is 6. The molecule has 0 radical (unpaired) electrons. The van der Waals surface area contributed by atoms with Gasteiger partial charge in [0.05, 0.1) is 0 Å². The molecule has 6 heteroatoms. The van der Waals surface area contributed by atoms with Crippen LogP contribution >= 0.6 is 23.2 Å². The van der Waals surface area contributed by atoms with Gasteiger partial charge >= 0.3 is 0 Å². The minimum Gasteiger partial charge on any atom is -0.488 e. The number of nitriles is 1. The van der Waals surface area contributed by atoms with E-state index in [2.05, 4.69) is 5.32 Å². The molecule has 0 fully saturated rings. The first-order valence-electron chi connectivity index (χ1n) is 9.52. The minimum atomic E-state index is -0.506. The number of hydrogen-bond acceptors (Lipinski definition) is 3. The van der Waals surface area contributed by atoms with Crippen LogP contribution in [0.2, 0.25) is 10.0 Å². The largest absolute Gasteiger partial charge is 0.488 e. The van der Waals surface area contributed by atoms with Crippen molar-refractivity contribution in [1.29, 1.82) is 5.26 Å². The molecule has 0 heterocycles. The summed E-state index contributed by atoms with van der Waals surface area (Å²) in [6.45, 7) is 4.16. The van der Waals surface area contributed by atoms with Crippen molar-refractivity contribution in [3.8, 4) is 11.8 Å². The van der Waals surface area contributed by atoms with Crippen LogP contribution in [0.4, 0.5) is 5.69 Å². The van der Waals surface area contributed by atoms with Crippen LogP contribution in [0.15, 0.2) is 66.2 Å². The summed E-state index contributed by atoms with van der Waals surface area (Å²) in [7, 11) is 0. The third-order valence-electron chi connectivity index (χ3n) is 4.40. The molecule has 3 rings (SSSR count). The van der Waals surface area contributed by atoms with Crippen molar-refractivity contribution in [3.63, 3.8) is 0 Å². The van der Waals surface area contributed by atoms with Gasteiger partial charge in [-0.1, -0.05) is 41.4 Å². The van der Waals surface area contributed by atoms with Crippen LogP contribution < -0.4 is 10.1 Å². The molecule has 31 heavy (non-hydrogen) atoms. The highest BCUT2D eigenvalue weighted by atomic mass is 35.5. The average Bonchev–Trinajstić information content (AvgIpc) is 2.70. The summed E-state index contributed by atoms with van der Waals surface area (Å²) in [5, 5.41) is 13.4. The molecule has 3 aromatic carbocycles. The van der Waals surface area contributed by atoms with Gasteiger partial charge in [0, 0.05) is 21.3 Å². The molecule has 0 aromatic heterocycles. The number of halogens is 2. The molecule has 1 amide bonds. The van der Waals surface area contributed by atoms with Gasteiger partial charge < -0.3 is 10.1 Å². The number of nitrogens with one attached hydrogen (secondary N) is 1. The van der Waals surface area contributed by atoms with E-state index in [0.717, 1.165) is 16.7 Å². The topological polar surface area (TPSA) is 62.1 Å². The van der Waals surface area contributed by atoms with Gasteiger partial charge in [-0.2, -0.15) is 5.26 Å². The Labute approximate surface area is 191 Å². The van der Waals surface area contributed by atoms with Gasteiger partial charge in [0.1, 0.15) is 24.0 Å². The molecule has 0 saturated carbocycles. The zero-order valence-electron chi connectivity index (χ0n) is 17.1. The van der Waals surface area contributed by atoms with Crippen LogP contribution in [0.1, 0.15) is 22.3 Å². The van der Waals surface area contributed by atoms with E-state index in [1.54, 1.807) is 24.3 Å². The van der Waals surface area contributed by atoms with Crippen molar-refractivity contribution in [1.82, 2.24) is 0 Å². The summed E-state index contributed by atoms with van der Waals surface area (Å²) in [5.74, 6) is -0.00964. The maximum atomic E-state index is 12.7. The first-order chi connectivity index (χ1) is 14.8. The zero-order valence-corrected chi connectivity index (χ0v) is 18.6. The maximum absolute atomic E-state index is 12.7. The van der Waals surface area contributed by atoms with Crippen molar-refractivity contribution >= 4 is 40.9 Å². The molecule has 0 atom stereocenters. The van der Waals surface area contributed by atoms with Gasteiger partial charge in [0.15, 0.2) is 0 Å². The van der Waals surface area contributed by atoms with Crippen LogP contribution in [-0.2, 0) is 11.4 Å². The lowest BCUT2D eigenvalue weighted by atomic mass is 10.1. The standard InChI is InChI=1S/C25H20Cl2N2O2/c1-16-8-17(2)10-23(9-16)29-25(30)20(14-28)12-19-13-22(27)6-7-24(19)31-15-18-4-3-5-21(26)11-18/h3-13H,15H2,1-2H3,(H,29,30)/b20-12+. The number of aryl methyl sites for hydroxylation is 2. The molecule has 0 aliphatic heterocycles. The highest BCUT2D eigenvalue weighted by Gasteiger charge is 2.13. The predicted molar refractivity (Wildman–Crippen MR) is 125 cm³/mol. The van der Waals surface area contributed by atoms with E-state index in [-0.39, 0.29) is 12.2 Å². The van der Waals surface area contributed by atoms with E-state index in [1.165, 1.54) is 6.08 Å². The number of hydrogen-bond donors (Lipinski definition) is 1. The van der Waals surface area contributed by atoms with E-state index in [1.807, 2.05) is 56.3 Å². The molecule has 0 bridgehead atoms. The third-order valence-corrected chi connectivity index (χ3v) is 4.87. The third kappa shape index (κ3) is 6.36. The second-order valence-corrected chi connectivity index (χ2v) is 7.97. The molecular formula is C25H20Cl2N2O2. The predicted octanol–water partition coefficient (Wildman–Crippen LogP) is 6.73. The van der Waals surface area contributed by atoms with Crippen LogP contribution in [0.3, 0.4) is 0 Å². The smallest absolute Gasteiger partial charge is 0.266 e. The molecule has 0 aliphatic carbocycles. The van der Waals surface area contributed by atoms with Gasteiger partial charge in [-0.3, -0.25) is 4.79 Å². The lowest BCUT2D eigenvalue weighted by Gasteiger charge is -2.11. The monoisotopic (exact) mass is 450 g/mol. The van der Waals surface area contributed by atoms with Gasteiger partial charge in [-0.15, -0.1) is 0 Å². The van der Waals surface area contributed by atoms with E-state index in [4.69, 9.17) is 27.9 Å². The fourth-order valence-corrected chi connectivity index (χ4v) is 3.49. The lowest BCUT2D eigenvalue weighted by molar-refractivity contribution is -0.112. The van der Waals surface area contributed by atoms with Gasteiger partial charge in [0.2, 0.25) is 0 Å². The van der Waals surface area contributed by atoms with E-state index in [9.17, 15) is 10.1 Å². The number of carbonyl (C=O) groups excluding carboxylic acids is 1. The summed E-state index contributed by atoms with van der Waals surface area (Å²) in [4.78, 5) is 12.7. The zero-order chi connectivity index (χ0) is 22.4. The fraction of sp³-hybridized carbons (Fsp3) is 0.120. The molecule has 0 aliphatic rings. The van der Waals surface area contributed by atoms with Crippen LogP contribution in [0.5, 0.6) is 5.75 Å². The number of carbonyl (C=O) groups is 1. The number of amides is 1. The summed E-state index contributed by atoms with van der Waals surface area (Å²) in [5.41, 5.74) is 4.03. The number of benzene rings is 3. The van der Waals surface area contributed by atoms with Crippen LogP contribution in [0, 0.1) is 25.2 Å². The van der Waals surface area contributed by atoms with Crippen molar-refractivity contribution in [2.45, 2.75) is 20.5 Å². The molecule has 156 valence electrons. The Kier molecular flexibility index (Phi) is 7.36. The van der Waals surface area contributed by atoms with Crippen molar-refractivity contribution in [2.75, 3.05) is 5.32 Å². The summed E-state index contributed by atoms with van der Waals surface area (Å²) >= 11 is 12.2. The molecule has 3 aromatic rings. The first-order valence-corrected chi connectivity index (χ1v) is 10.3. The van der Waals surface area contributed by atoms with E-state index in [0.29, 0.717) is 27.0 Å². The fourth-order valence-electron chi connectivity index (χ4n) is 3.10. The Balaban J connectivity index is 1.84. The Hall–Kier alpha value is -3.26. The summed E-state index contributed by atoms with van der Waals surface area (Å²) < 4.78 is 5.91. The minimum absolute atomic E-state index is 0.0611. The Morgan fingerprint density at radius 1 is 1.03 bits per heavy atom. The molecule has 0 spiro atoms. The second-order valence-electron chi connectivity index (χ2n) is 7.10. The van der Waals surface area contributed by atoms with E-state index < -0.39 is 5.91 Å². The molecular weight excluding hydrogens is 431 g/mol. The summed E-state index contributed by atoms with van der Waals surface area (Å²) in [6.07, 6.45) is 1.47. The second kappa shape index (κ2) is 10.2. The first kappa shape index (κ1) is 22.4. The van der Waals surface area contributed by atoms with Crippen LogP contribution in [0.25, 0.3) is 6.08 Å². The van der Waals surface area contributed by atoms with Crippen molar-refractivity contribution in [2.24, 2.45) is 0 Å². The molecule has 4 nitrogen and oxygen atoms in total. The quantitative estimate of drug-likeness (QED) is 0.334. The molecule has 0 saturated heterocycles.